The second-order valence-corrected chi connectivity index (χ2v) is 7.60. The van der Waals surface area contributed by atoms with Crippen LogP contribution >= 0.6 is 0 Å². The summed E-state index contributed by atoms with van der Waals surface area (Å²) in [6.45, 7) is 1.80. The average molecular weight is 372 g/mol. The maximum absolute atomic E-state index is 12.1. The smallest absolute Gasteiger partial charge is 0.319 e. The highest BCUT2D eigenvalue weighted by Crippen LogP contribution is 2.18. The summed E-state index contributed by atoms with van der Waals surface area (Å²) in [5.41, 5.74) is 2.69. The van der Waals surface area contributed by atoms with Crippen molar-refractivity contribution in [2.45, 2.75) is 19.4 Å². The van der Waals surface area contributed by atoms with Gasteiger partial charge in [0, 0.05) is 11.4 Å². The third-order valence-electron chi connectivity index (χ3n) is 3.53. The van der Waals surface area contributed by atoms with Crippen LogP contribution in [-0.2, 0) is 16.4 Å². The van der Waals surface area contributed by atoms with E-state index in [0.717, 1.165) is 17.4 Å². The van der Waals surface area contributed by atoms with Crippen LogP contribution in [0.2, 0.25) is 0 Å². The van der Waals surface area contributed by atoms with Crippen molar-refractivity contribution >= 4 is 27.4 Å². The number of nitriles is 1. The molecule has 2 amide bonds. The summed E-state index contributed by atoms with van der Waals surface area (Å²) in [5.74, 6) is 0. The van der Waals surface area contributed by atoms with Gasteiger partial charge in [-0.1, -0.05) is 24.3 Å². The van der Waals surface area contributed by atoms with E-state index in [1.807, 2.05) is 0 Å². The first-order valence-corrected chi connectivity index (χ1v) is 9.77. The van der Waals surface area contributed by atoms with Crippen LogP contribution in [0.3, 0.4) is 0 Å². The highest BCUT2D eigenvalue weighted by Gasteiger charge is 2.11. The summed E-state index contributed by atoms with van der Waals surface area (Å²) >= 11 is 0. The van der Waals surface area contributed by atoms with Crippen molar-refractivity contribution in [3.05, 3.63) is 59.7 Å². The standard InChI is InChI=1S/C18H20N4O3S/c1-13(15-4-3-5-17(12-15)22-26(2,24)25)20-18(23)21-16-8-6-14(7-9-16)10-11-19/h3-9,12-13,22H,10H2,1-2H3,(H2,20,21,23). The van der Waals surface area contributed by atoms with Crippen molar-refractivity contribution in [3.8, 4) is 6.07 Å². The number of anilines is 2. The van der Waals surface area contributed by atoms with Gasteiger partial charge in [-0.15, -0.1) is 0 Å². The van der Waals surface area contributed by atoms with Gasteiger partial charge in [-0.3, -0.25) is 4.72 Å². The molecule has 0 saturated heterocycles. The number of carbonyl (C=O) groups excluding carboxylic acids is 1. The van der Waals surface area contributed by atoms with Crippen molar-refractivity contribution < 1.29 is 13.2 Å². The van der Waals surface area contributed by atoms with E-state index < -0.39 is 10.0 Å². The van der Waals surface area contributed by atoms with Gasteiger partial charge in [-0.25, -0.2) is 13.2 Å². The fourth-order valence-corrected chi connectivity index (χ4v) is 2.89. The maximum atomic E-state index is 12.1. The molecule has 0 bridgehead atoms. The number of benzene rings is 2. The first-order chi connectivity index (χ1) is 12.3. The molecule has 0 aliphatic heterocycles. The van der Waals surface area contributed by atoms with Crippen molar-refractivity contribution in [1.29, 1.82) is 5.26 Å². The lowest BCUT2D eigenvalue weighted by Crippen LogP contribution is -2.31. The number of amides is 2. The van der Waals surface area contributed by atoms with Crippen molar-refractivity contribution in [1.82, 2.24) is 5.32 Å². The van der Waals surface area contributed by atoms with E-state index in [2.05, 4.69) is 21.4 Å². The molecule has 1 atom stereocenters. The number of urea groups is 1. The first-order valence-electron chi connectivity index (χ1n) is 7.88. The lowest BCUT2D eigenvalue weighted by Gasteiger charge is -2.16. The van der Waals surface area contributed by atoms with E-state index in [4.69, 9.17) is 5.26 Å². The van der Waals surface area contributed by atoms with Crippen LogP contribution < -0.4 is 15.4 Å². The van der Waals surface area contributed by atoms with Gasteiger partial charge in [0.15, 0.2) is 0 Å². The third-order valence-corrected chi connectivity index (χ3v) is 4.14. The summed E-state index contributed by atoms with van der Waals surface area (Å²) in [7, 11) is -3.36. The number of nitrogens with zero attached hydrogens (tertiary/aromatic N) is 1. The molecular weight excluding hydrogens is 352 g/mol. The summed E-state index contributed by atoms with van der Waals surface area (Å²) in [6, 6.07) is 15.2. The molecule has 8 heteroatoms. The minimum Gasteiger partial charge on any atom is -0.331 e. The minimum atomic E-state index is -3.36. The lowest BCUT2D eigenvalue weighted by atomic mass is 10.1. The molecule has 136 valence electrons. The summed E-state index contributed by atoms with van der Waals surface area (Å²) in [4.78, 5) is 12.1. The van der Waals surface area contributed by atoms with Crippen molar-refractivity contribution in [3.63, 3.8) is 0 Å². The third kappa shape index (κ3) is 6.11. The Hall–Kier alpha value is -3.05. The van der Waals surface area contributed by atoms with Gasteiger partial charge in [0.2, 0.25) is 10.0 Å². The van der Waals surface area contributed by atoms with Gasteiger partial charge < -0.3 is 10.6 Å². The Morgan fingerprint density at radius 1 is 1.15 bits per heavy atom. The van der Waals surface area contributed by atoms with E-state index >= 15 is 0 Å². The quantitative estimate of drug-likeness (QED) is 0.724. The Labute approximate surface area is 153 Å². The van der Waals surface area contributed by atoms with E-state index in [1.165, 1.54) is 0 Å². The molecule has 0 fully saturated rings. The molecule has 1 unspecified atom stereocenters. The first kappa shape index (κ1) is 19.3. The Kier molecular flexibility index (Phi) is 6.20. The largest absolute Gasteiger partial charge is 0.331 e. The molecule has 7 nitrogen and oxygen atoms in total. The molecular formula is C18H20N4O3S. The van der Waals surface area contributed by atoms with E-state index in [-0.39, 0.29) is 12.1 Å². The molecule has 26 heavy (non-hydrogen) atoms. The van der Waals surface area contributed by atoms with E-state index in [0.29, 0.717) is 17.8 Å². The molecule has 3 N–H and O–H groups in total. The maximum Gasteiger partial charge on any atom is 0.319 e. The van der Waals surface area contributed by atoms with Crippen molar-refractivity contribution in [2.75, 3.05) is 16.3 Å². The summed E-state index contributed by atoms with van der Waals surface area (Å²) < 4.78 is 25.0. The van der Waals surface area contributed by atoms with Crippen molar-refractivity contribution in [2.24, 2.45) is 0 Å². The van der Waals surface area contributed by atoms with Crippen LogP contribution in [0.25, 0.3) is 0 Å². The van der Waals surface area contributed by atoms with Crippen LogP contribution in [0.4, 0.5) is 16.2 Å². The number of carbonyl (C=O) groups is 1. The van der Waals surface area contributed by atoms with Crippen LogP contribution in [0.5, 0.6) is 0 Å². The number of rotatable bonds is 6. The second-order valence-electron chi connectivity index (χ2n) is 5.85. The Bertz CT molecular complexity index is 918. The molecule has 0 aliphatic carbocycles. The fraction of sp³-hybridized carbons (Fsp3) is 0.222. The molecule has 0 aliphatic rings. The lowest BCUT2D eigenvalue weighted by molar-refractivity contribution is 0.249. The Balaban J connectivity index is 1.98. The minimum absolute atomic E-state index is 0.321. The van der Waals surface area contributed by atoms with E-state index in [1.54, 1.807) is 55.5 Å². The molecule has 0 radical (unpaired) electrons. The highest BCUT2D eigenvalue weighted by atomic mass is 32.2. The van der Waals surface area contributed by atoms with Crippen LogP contribution in [0, 0.1) is 11.3 Å². The molecule has 2 rings (SSSR count). The molecule has 2 aromatic carbocycles. The predicted octanol–water partition coefficient (Wildman–Crippen LogP) is 3.01. The topological polar surface area (TPSA) is 111 Å². The zero-order valence-electron chi connectivity index (χ0n) is 14.5. The zero-order valence-corrected chi connectivity index (χ0v) is 15.3. The average Bonchev–Trinajstić information content (AvgIpc) is 2.55. The van der Waals surface area contributed by atoms with Crippen LogP contribution in [0.15, 0.2) is 48.5 Å². The molecule has 0 saturated carbocycles. The fourth-order valence-electron chi connectivity index (χ4n) is 2.33. The summed E-state index contributed by atoms with van der Waals surface area (Å²) in [6.07, 6.45) is 1.40. The second kappa shape index (κ2) is 8.36. The SMILES string of the molecule is CC(NC(=O)Nc1ccc(CC#N)cc1)c1cccc(NS(C)(=O)=O)c1. The molecule has 2 aromatic rings. The molecule has 0 heterocycles. The Morgan fingerprint density at radius 3 is 2.46 bits per heavy atom. The number of hydrogen-bond acceptors (Lipinski definition) is 4. The molecule has 0 aromatic heterocycles. The van der Waals surface area contributed by atoms with Gasteiger partial charge >= 0.3 is 6.03 Å². The predicted molar refractivity (Wildman–Crippen MR) is 101 cm³/mol. The summed E-state index contributed by atoms with van der Waals surface area (Å²) in [5, 5.41) is 14.2. The van der Waals surface area contributed by atoms with Crippen LogP contribution in [0.1, 0.15) is 24.1 Å². The normalized spacial score (nSPS) is 11.9. The monoisotopic (exact) mass is 372 g/mol. The van der Waals surface area contributed by atoms with Gasteiger partial charge in [0.25, 0.3) is 0 Å². The van der Waals surface area contributed by atoms with Gasteiger partial charge in [0.1, 0.15) is 0 Å². The Morgan fingerprint density at radius 2 is 1.85 bits per heavy atom. The van der Waals surface area contributed by atoms with Gasteiger partial charge in [0.05, 0.1) is 24.8 Å². The number of nitrogens with one attached hydrogen (secondary N) is 3. The van der Waals surface area contributed by atoms with Gasteiger partial charge in [-0.2, -0.15) is 5.26 Å². The van der Waals surface area contributed by atoms with Crippen LogP contribution in [-0.4, -0.2) is 20.7 Å². The zero-order chi connectivity index (χ0) is 19.2. The highest BCUT2D eigenvalue weighted by molar-refractivity contribution is 7.92. The number of hydrogen-bond donors (Lipinski definition) is 3. The van der Waals surface area contributed by atoms with Gasteiger partial charge in [-0.05, 0) is 42.3 Å². The number of sulfonamides is 1. The van der Waals surface area contributed by atoms with E-state index in [9.17, 15) is 13.2 Å². The molecule has 0 spiro atoms.